The molecule has 0 atom stereocenters. The van der Waals surface area contributed by atoms with E-state index in [1.807, 2.05) is 0 Å². The minimum atomic E-state index is -3.16. The molecule has 0 radical (unpaired) electrons. The van der Waals surface area contributed by atoms with Crippen LogP contribution in [0.3, 0.4) is 0 Å². The van der Waals surface area contributed by atoms with Crippen molar-refractivity contribution in [3.05, 3.63) is 29.9 Å². The number of carbonyl (C=O) groups is 1. The SMILES string of the molecule is Cn1cnc(C(=O)NCc2nc(C3CCN(S(C)(=O)=O)CC3)no2)c1. The molecule has 1 aliphatic rings. The molecule has 1 fully saturated rings. The van der Waals surface area contributed by atoms with Crippen LogP contribution in [0.2, 0.25) is 0 Å². The summed E-state index contributed by atoms with van der Waals surface area (Å²) in [4.78, 5) is 20.2. The Morgan fingerprint density at radius 3 is 2.72 bits per heavy atom. The van der Waals surface area contributed by atoms with E-state index in [1.54, 1.807) is 24.1 Å². The van der Waals surface area contributed by atoms with Crippen LogP contribution in [0.25, 0.3) is 0 Å². The molecule has 3 heterocycles. The average molecular weight is 368 g/mol. The quantitative estimate of drug-likeness (QED) is 0.780. The summed E-state index contributed by atoms with van der Waals surface area (Å²) in [5.74, 6) is 0.601. The molecule has 10 nitrogen and oxygen atoms in total. The van der Waals surface area contributed by atoms with Gasteiger partial charge in [-0.1, -0.05) is 5.16 Å². The van der Waals surface area contributed by atoms with Crippen molar-refractivity contribution in [2.24, 2.45) is 7.05 Å². The van der Waals surface area contributed by atoms with Gasteiger partial charge in [0.05, 0.1) is 19.1 Å². The minimum Gasteiger partial charge on any atom is -0.342 e. The maximum atomic E-state index is 11.9. The number of carbonyl (C=O) groups excluding carboxylic acids is 1. The van der Waals surface area contributed by atoms with Gasteiger partial charge in [0.1, 0.15) is 5.69 Å². The zero-order valence-corrected chi connectivity index (χ0v) is 14.9. The third-order valence-electron chi connectivity index (χ3n) is 4.11. The standard InChI is InChI=1S/C14H20N6O4S/c1-19-8-11(16-9-19)14(21)15-7-12-17-13(18-24-12)10-3-5-20(6-4-10)25(2,22)23/h8-10H,3-7H2,1-2H3,(H,15,21). The van der Waals surface area contributed by atoms with E-state index in [4.69, 9.17) is 4.52 Å². The molecule has 2 aromatic heterocycles. The molecule has 1 aliphatic heterocycles. The normalized spacial score (nSPS) is 16.9. The van der Waals surface area contributed by atoms with Crippen LogP contribution in [0.4, 0.5) is 0 Å². The van der Waals surface area contributed by atoms with Gasteiger partial charge < -0.3 is 14.4 Å². The molecule has 11 heteroatoms. The second-order valence-electron chi connectivity index (χ2n) is 6.09. The molecule has 0 spiro atoms. The number of nitrogens with zero attached hydrogens (tertiary/aromatic N) is 5. The number of amides is 1. The van der Waals surface area contributed by atoms with Crippen LogP contribution in [-0.4, -0.2) is 57.7 Å². The molecular formula is C14H20N6O4S. The summed E-state index contributed by atoms with van der Waals surface area (Å²) in [5, 5.41) is 6.63. The number of imidazole rings is 1. The molecule has 2 aromatic rings. The Morgan fingerprint density at radius 2 is 2.12 bits per heavy atom. The smallest absolute Gasteiger partial charge is 0.271 e. The lowest BCUT2D eigenvalue weighted by atomic mass is 9.98. The highest BCUT2D eigenvalue weighted by molar-refractivity contribution is 7.88. The van der Waals surface area contributed by atoms with Gasteiger partial charge in [-0.15, -0.1) is 0 Å². The van der Waals surface area contributed by atoms with Crippen molar-refractivity contribution in [3.63, 3.8) is 0 Å². The maximum absolute atomic E-state index is 11.9. The first-order chi connectivity index (χ1) is 11.8. The monoisotopic (exact) mass is 368 g/mol. The van der Waals surface area contributed by atoms with E-state index in [2.05, 4.69) is 20.4 Å². The highest BCUT2D eigenvalue weighted by atomic mass is 32.2. The zero-order valence-electron chi connectivity index (χ0n) is 14.0. The molecule has 1 amide bonds. The van der Waals surface area contributed by atoms with Gasteiger partial charge in [-0.05, 0) is 12.8 Å². The number of aromatic nitrogens is 4. The van der Waals surface area contributed by atoms with Crippen LogP contribution < -0.4 is 5.32 Å². The summed E-state index contributed by atoms with van der Waals surface area (Å²) in [5.41, 5.74) is 0.315. The molecule has 25 heavy (non-hydrogen) atoms. The lowest BCUT2D eigenvalue weighted by Gasteiger charge is -2.28. The van der Waals surface area contributed by atoms with E-state index in [0.29, 0.717) is 43.3 Å². The van der Waals surface area contributed by atoms with Gasteiger partial charge in [-0.25, -0.2) is 17.7 Å². The van der Waals surface area contributed by atoms with Gasteiger partial charge in [0, 0.05) is 32.3 Å². The second kappa shape index (κ2) is 6.92. The van der Waals surface area contributed by atoms with Gasteiger partial charge in [0.15, 0.2) is 5.82 Å². The minimum absolute atomic E-state index is 0.0574. The number of nitrogens with one attached hydrogen (secondary N) is 1. The molecule has 0 bridgehead atoms. The Morgan fingerprint density at radius 1 is 1.40 bits per heavy atom. The highest BCUT2D eigenvalue weighted by Crippen LogP contribution is 2.26. The maximum Gasteiger partial charge on any atom is 0.271 e. The summed E-state index contributed by atoms with van der Waals surface area (Å²) in [6, 6.07) is 0. The van der Waals surface area contributed by atoms with Gasteiger partial charge in [0.2, 0.25) is 15.9 Å². The summed E-state index contributed by atoms with van der Waals surface area (Å²) < 4.78 is 31.4. The summed E-state index contributed by atoms with van der Waals surface area (Å²) >= 11 is 0. The molecule has 3 rings (SSSR count). The van der Waals surface area contributed by atoms with Crippen LogP contribution >= 0.6 is 0 Å². The predicted octanol–water partition coefficient (Wildman–Crippen LogP) is -0.128. The number of sulfonamides is 1. The zero-order chi connectivity index (χ0) is 18.0. The van der Waals surface area contributed by atoms with Crippen molar-refractivity contribution >= 4 is 15.9 Å². The lowest BCUT2D eigenvalue weighted by Crippen LogP contribution is -2.37. The van der Waals surface area contributed by atoms with Gasteiger partial charge in [0.25, 0.3) is 5.91 Å². The fourth-order valence-corrected chi connectivity index (χ4v) is 3.60. The van der Waals surface area contributed by atoms with E-state index < -0.39 is 10.0 Å². The van der Waals surface area contributed by atoms with Crippen LogP contribution in [0.1, 0.15) is 41.0 Å². The van der Waals surface area contributed by atoms with Crippen molar-refractivity contribution in [1.82, 2.24) is 29.3 Å². The van der Waals surface area contributed by atoms with E-state index in [-0.39, 0.29) is 18.4 Å². The third-order valence-corrected chi connectivity index (χ3v) is 5.41. The fourth-order valence-electron chi connectivity index (χ4n) is 2.73. The van der Waals surface area contributed by atoms with Crippen molar-refractivity contribution in [1.29, 1.82) is 0 Å². The molecule has 1 N–H and O–H groups in total. The van der Waals surface area contributed by atoms with Crippen LogP contribution in [-0.2, 0) is 23.6 Å². The molecule has 0 unspecified atom stereocenters. The van der Waals surface area contributed by atoms with Crippen molar-refractivity contribution in [3.8, 4) is 0 Å². The van der Waals surface area contributed by atoms with E-state index >= 15 is 0 Å². The van der Waals surface area contributed by atoms with Crippen LogP contribution in [0.5, 0.6) is 0 Å². The van der Waals surface area contributed by atoms with Gasteiger partial charge in [-0.3, -0.25) is 4.79 Å². The third kappa shape index (κ3) is 4.23. The van der Waals surface area contributed by atoms with E-state index in [9.17, 15) is 13.2 Å². The molecule has 0 aromatic carbocycles. The van der Waals surface area contributed by atoms with Crippen molar-refractivity contribution in [2.75, 3.05) is 19.3 Å². The Kier molecular flexibility index (Phi) is 4.86. The molecule has 1 saturated heterocycles. The van der Waals surface area contributed by atoms with Gasteiger partial charge in [-0.2, -0.15) is 4.98 Å². The number of piperidine rings is 1. The van der Waals surface area contributed by atoms with Crippen molar-refractivity contribution < 1.29 is 17.7 Å². The Bertz CT molecular complexity index is 850. The largest absolute Gasteiger partial charge is 0.342 e. The number of aryl methyl sites for hydroxylation is 1. The summed E-state index contributed by atoms with van der Waals surface area (Å²) in [7, 11) is -1.37. The highest BCUT2D eigenvalue weighted by Gasteiger charge is 2.28. The predicted molar refractivity (Wildman–Crippen MR) is 87.1 cm³/mol. The average Bonchev–Trinajstić information content (AvgIpc) is 3.21. The summed E-state index contributed by atoms with van der Waals surface area (Å²) in [6.45, 7) is 1.01. The van der Waals surface area contributed by atoms with Crippen LogP contribution in [0.15, 0.2) is 17.0 Å². The Balaban J connectivity index is 1.54. The molecule has 136 valence electrons. The van der Waals surface area contributed by atoms with Crippen LogP contribution in [0, 0.1) is 0 Å². The summed E-state index contributed by atoms with van der Waals surface area (Å²) in [6.07, 6.45) is 5.66. The fraction of sp³-hybridized carbons (Fsp3) is 0.571. The lowest BCUT2D eigenvalue weighted by molar-refractivity contribution is 0.0941. The van der Waals surface area contributed by atoms with Crippen molar-refractivity contribution in [2.45, 2.75) is 25.3 Å². The first-order valence-electron chi connectivity index (χ1n) is 7.86. The topological polar surface area (TPSA) is 123 Å². The second-order valence-corrected chi connectivity index (χ2v) is 8.07. The number of hydrogen-bond acceptors (Lipinski definition) is 7. The number of rotatable bonds is 5. The van der Waals surface area contributed by atoms with E-state index in [1.165, 1.54) is 10.6 Å². The number of hydrogen-bond donors (Lipinski definition) is 1. The molecule has 0 aliphatic carbocycles. The first kappa shape index (κ1) is 17.5. The van der Waals surface area contributed by atoms with E-state index in [0.717, 1.165) is 0 Å². The Labute approximate surface area is 145 Å². The first-order valence-corrected chi connectivity index (χ1v) is 9.71. The molecular weight excluding hydrogens is 348 g/mol. The molecule has 0 saturated carbocycles. The van der Waals surface area contributed by atoms with Gasteiger partial charge >= 0.3 is 0 Å². The Hall–Kier alpha value is -2.27.